The van der Waals surface area contributed by atoms with Crippen LogP contribution in [0.5, 0.6) is 5.75 Å². The van der Waals surface area contributed by atoms with Gasteiger partial charge in [0.2, 0.25) is 5.82 Å². The molecule has 6 heteroatoms. The molecule has 4 nitrogen and oxygen atoms in total. The van der Waals surface area contributed by atoms with Crippen LogP contribution < -0.4 is 4.74 Å². The SMILES string of the molecule is COc1ccc(C(=O)N2CCC[C@@](CO)(CC3CC3)C2)c(F)c1F. The Kier molecular flexibility index (Phi) is 4.76. The van der Waals surface area contributed by atoms with E-state index in [1.54, 1.807) is 4.90 Å². The molecule has 1 aromatic rings. The van der Waals surface area contributed by atoms with Gasteiger partial charge in [-0.15, -0.1) is 0 Å². The highest BCUT2D eigenvalue weighted by molar-refractivity contribution is 5.94. The molecule has 1 amide bonds. The largest absolute Gasteiger partial charge is 0.494 e. The van der Waals surface area contributed by atoms with Gasteiger partial charge in [-0.25, -0.2) is 4.39 Å². The summed E-state index contributed by atoms with van der Waals surface area (Å²) in [5, 5.41) is 9.87. The summed E-state index contributed by atoms with van der Waals surface area (Å²) in [6, 6.07) is 2.52. The Bertz CT molecular complexity index is 633. The molecule has 1 saturated carbocycles. The lowest BCUT2D eigenvalue weighted by molar-refractivity contribution is 0.0193. The van der Waals surface area contributed by atoms with Crippen LogP contribution in [-0.2, 0) is 0 Å². The summed E-state index contributed by atoms with van der Waals surface area (Å²) in [6.07, 6.45) is 4.87. The van der Waals surface area contributed by atoms with E-state index in [2.05, 4.69) is 0 Å². The van der Waals surface area contributed by atoms with E-state index < -0.39 is 17.5 Å². The summed E-state index contributed by atoms with van der Waals surface area (Å²) in [5.41, 5.74) is -0.593. The van der Waals surface area contributed by atoms with Crippen LogP contribution in [0.15, 0.2) is 12.1 Å². The van der Waals surface area contributed by atoms with Gasteiger partial charge in [-0.1, -0.05) is 12.8 Å². The van der Waals surface area contributed by atoms with Crippen LogP contribution in [0.2, 0.25) is 0 Å². The second-order valence-electron chi connectivity index (χ2n) is 7.08. The molecule has 24 heavy (non-hydrogen) atoms. The van der Waals surface area contributed by atoms with E-state index in [0.29, 0.717) is 19.0 Å². The predicted molar refractivity (Wildman–Crippen MR) is 84.9 cm³/mol. The van der Waals surface area contributed by atoms with E-state index in [1.807, 2.05) is 0 Å². The average Bonchev–Trinajstić information content (AvgIpc) is 3.40. The smallest absolute Gasteiger partial charge is 0.256 e. The number of benzene rings is 1. The number of carbonyl (C=O) groups excluding carboxylic acids is 1. The zero-order valence-corrected chi connectivity index (χ0v) is 13.9. The first-order chi connectivity index (χ1) is 11.5. The van der Waals surface area contributed by atoms with Gasteiger partial charge in [0.05, 0.1) is 19.3 Å². The number of hydrogen-bond acceptors (Lipinski definition) is 3. The number of methoxy groups -OCH3 is 1. The van der Waals surface area contributed by atoms with Crippen LogP contribution in [-0.4, -0.2) is 42.7 Å². The predicted octanol–water partition coefficient (Wildman–Crippen LogP) is 2.99. The molecule has 1 N–H and O–H groups in total. The summed E-state index contributed by atoms with van der Waals surface area (Å²) in [4.78, 5) is 14.2. The molecule has 3 rings (SSSR count). The van der Waals surface area contributed by atoms with E-state index in [-0.39, 0.29) is 23.3 Å². The third-order valence-corrected chi connectivity index (χ3v) is 5.20. The maximum absolute atomic E-state index is 14.2. The van der Waals surface area contributed by atoms with Crippen molar-refractivity contribution in [1.29, 1.82) is 0 Å². The fourth-order valence-corrected chi connectivity index (χ4v) is 3.70. The molecule has 1 aliphatic carbocycles. The first kappa shape index (κ1) is 17.1. The molecule has 0 unspecified atom stereocenters. The van der Waals surface area contributed by atoms with Crippen molar-refractivity contribution in [3.05, 3.63) is 29.3 Å². The minimum Gasteiger partial charge on any atom is -0.494 e. The number of likely N-dealkylation sites (tertiary alicyclic amines) is 1. The number of aliphatic hydroxyl groups excluding tert-OH is 1. The zero-order chi connectivity index (χ0) is 17.3. The normalized spacial score (nSPS) is 24.1. The highest BCUT2D eigenvalue weighted by Gasteiger charge is 2.41. The Morgan fingerprint density at radius 2 is 2.12 bits per heavy atom. The van der Waals surface area contributed by atoms with Crippen molar-refractivity contribution in [2.24, 2.45) is 11.3 Å². The van der Waals surface area contributed by atoms with Gasteiger partial charge in [-0.05, 0) is 37.3 Å². The lowest BCUT2D eigenvalue weighted by atomic mass is 9.76. The van der Waals surface area contributed by atoms with E-state index in [4.69, 9.17) is 4.74 Å². The van der Waals surface area contributed by atoms with E-state index >= 15 is 0 Å². The third kappa shape index (κ3) is 3.24. The van der Waals surface area contributed by atoms with Gasteiger partial charge >= 0.3 is 0 Å². The fourth-order valence-electron chi connectivity index (χ4n) is 3.70. The van der Waals surface area contributed by atoms with Crippen molar-refractivity contribution in [2.45, 2.75) is 32.1 Å². The van der Waals surface area contributed by atoms with Crippen LogP contribution in [0.4, 0.5) is 8.78 Å². The van der Waals surface area contributed by atoms with E-state index in [9.17, 15) is 18.7 Å². The number of halogens is 2. The molecule has 132 valence electrons. The molecule has 1 heterocycles. The van der Waals surface area contributed by atoms with Crippen molar-refractivity contribution < 1.29 is 23.4 Å². The highest BCUT2D eigenvalue weighted by Crippen LogP contribution is 2.44. The number of piperidine rings is 1. The maximum atomic E-state index is 14.2. The first-order valence-electron chi connectivity index (χ1n) is 8.42. The van der Waals surface area contributed by atoms with Crippen LogP contribution in [0.25, 0.3) is 0 Å². The number of amides is 1. The summed E-state index contributed by atoms with van der Waals surface area (Å²) >= 11 is 0. The molecule has 1 atom stereocenters. The van der Waals surface area contributed by atoms with Crippen molar-refractivity contribution in [1.82, 2.24) is 4.90 Å². The highest BCUT2D eigenvalue weighted by atomic mass is 19.2. The second-order valence-corrected chi connectivity index (χ2v) is 7.08. The Morgan fingerprint density at radius 3 is 2.75 bits per heavy atom. The monoisotopic (exact) mass is 339 g/mol. The molecular formula is C18H23F2NO3. The number of nitrogens with zero attached hydrogens (tertiary/aromatic N) is 1. The van der Waals surface area contributed by atoms with Crippen molar-refractivity contribution >= 4 is 5.91 Å². The molecule has 0 bridgehead atoms. The van der Waals surface area contributed by atoms with Gasteiger partial charge in [-0.3, -0.25) is 4.79 Å². The van der Waals surface area contributed by atoms with Crippen molar-refractivity contribution in [3.8, 4) is 5.75 Å². The number of hydrogen-bond donors (Lipinski definition) is 1. The van der Waals surface area contributed by atoms with Gasteiger partial charge in [0.15, 0.2) is 11.6 Å². The Labute approximate surface area is 140 Å². The molecule has 0 radical (unpaired) electrons. The molecular weight excluding hydrogens is 316 g/mol. The topological polar surface area (TPSA) is 49.8 Å². The maximum Gasteiger partial charge on any atom is 0.256 e. The van der Waals surface area contributed by atoms with Crippen LogP contribution in [0.1, 0.15) is 42.5 Å². The summed E-state index contributed by atoms with van der Waals surface area (Å²) in [7, 11) is 1.25. The third-order valence-electron chi connectivity index (χ3n) is 5.20. The average molecular weight is 339 g/mol. The zero-order valence-electron chi connectivity index (χ0n) is 13.9. The minimum absolute atomic E-state index is 0.0206. The van der Waals surface area contributed by atoms with Gasteiger partial charge in [0.1, 0.15) is 0 Å². The molecule has 1 saturated heterocycles. The minimum atomic E-state index is -1.18. The summed E-state index contributed by atoms with van der Waals surface area (Å²) in [6.45, 7) is 0.914. The summed E-state index contributed by atoms with van der Waals surface area (Å²) in [5.74, 6) is -2.45. The van der Waals surface area contributed by atoms with Crippen LogP contribution in [0.3, 0.4) is 0 Å². The van der Waals surface area contributed by atoms with E-state index in [0.717, 1.165) is 19.3 Å². The molecule has 1 aliphatic heterocycles. The van der Waals surface area contributed by atoms with Crippen LogP contribution in [0, 0.1) is 23.0 Å². The molecule has 1 aromatic carbocycles. The number of rotatable bonds is 5. The number of aliphatic hydroxyl groups is 1. The van der Waals surface area contributed by atoms with Crippen molar-refractivity contribution in [2.75, 3.05) is 26.8 Å². The van der Waals surface area contributed by atoms with Gasteiger partial charge < -0.3 is 14.7 Å². The molecule has 0 aromatic heterocycles. The van der Waals surface area contributed by atoms with Gasteiger partial charge in [0, 0.05) is 18.5 Å². The quantitative estimate of drug-likeness (QED) is 0.897. The lowest BCUT2D eigenvalue weighted by Crippen LogP contribution is -2.48. The molecule has 0 spiro atoms. The summed E-state index contributed by atoms with van der Waals surface area (Å²) < 4.78 is 32.8. The number of ether oxygens (including phenoxy) is 1. The second kappa shape index (κ2) is 6.67. The fraction of sp³-hybridized carbons (Fsp3) is 0.611. The van der Waals surface area contributed by atoms with E-state index in [1.165, 1.54) is 32.1 Å². The Balaban J connectivity index is 1.80. The van der Waals surface area contributed by atoms with Crippen LogP contribution >= 0.6 is 0 Å². The van der Waals surface area contributed by atoms with Gasteiger partial charge in [-0.2, -0.15) is 4.39 Å². The Hall–Kier alpha value is -1.69. The Morgan fingerprint density at radius 1 is 1.38 bits per heavy atom. The standard InChI is InChI=1S/C18H23F2NO3/c1-24-14-6-5-13(15(19)16(14)20)17(23)21-8-2-7-18(10-21,11-22)9-12-3-4-12/h5-6,12,22H,2-4,7-11H2,1H3/t18-/m1/s1. The van der Waals surface area contributed by atoms with Gasteiger partial charge in [0.25, 0.3) is 5.91 Å². The molecule has 2 aliphatic rings. The van der Waals surface area contributed by atoms with Crippen molar-refractivity contribution in [3.63, 3.8) is 0 Å². The first-order valence-corrected chi connectivity index (χ1v) is 8.42. The lowest BCUT2D eigenvalue weighted by Gasteiger charge is -2.42. The number of carbonyl (C=O) groups is 1. The molecule has 2 fully saturated rings.